The number of methoxy groups -OCH3 is 3. The molecule has 2 heterocycles. The molecular formula is C47H54N10O9S2. The Labute approximate surface area is 395 Å². The molecule has 0 fully saturated rings. The van der Waals surface area contributed by atoms with E-state index in [4.69, 9.17) is 29.8 Å². The van der Waals surface area contributed by atoms with E-state index in [2.05, 4.69) is 25.3 Å². The lowest BCUT2D eigenvalue weighted by Crippen LogP contribution is -2.35. The minimum absolute atomic E-state index is 0.0582. The number of aromatic nitrogens is 6. The molecule has 4 N–H and O–H groups in total. The molecule has 1 amide bonds. The maximum absolute atomic E-state index is 16.1. The Balaban J connectivity index is 1.44. The first-order valence-corrected chi connectivity index (χ1v) is 24.3. The molecule has 0 aliphatic heterocycles. The van der Waals surface area contributed by atoms with Crippen molar-refractivity contribution in [3.8, 4) is 39.8 Å². The van der Waals surface area contributed by atoms with Gasteiger partial charge >= 0.3 is 6.09 Å². The van der Waals surface area contributed by atoms with Crippen molar-refractivity contribution in [2.75, 3.05) is 40.2 Å². The number of nitrogens with zero attached hydrogens (tertiary/aromatic N) is 7. The number of fused-ring (bicyclic) bond motifs is 1. The molecule has 7 aromatic rings. The summed E-state index contributed by atoms with van der Waals surface area (Å²) in [6.07, 6.45) is -0.531. The summed E-state index contributed by atoms with van der Waals surface area (Å²) in [6.45, 7) is 4.78. The van der Waals surface area contributed by atoms with E-state index in [1.54, 1.807) is 112 Å². The molecule has 7 rings (SSSR count). The van der Waals surface area contributed by atoms with Crippen LogP contribution in [0.3, 0.4) is 0 Å². The highest BCUT2D eigenvalue weighted by atomic mass is 32.2. The quantitative estimate of drug-likeness (QED) is 0.0773. The standard InChI is InChI=1S/C47H54N10O9S2/c1-47(2,3)66-46(58)49-26-9-27-50-67(59,60)40-25-24-37(38-10-8-11-39-42(38)51-45(48)55(39)4)41(44-52-54-57(53-44)30-33-16-22-36(65-7)23-17-33)43(40)68(61,62)56(28-31-12-18-34(63-5)19-13-31)29-32-14-20-35(64-6)21-15-32/h8,10-25,50H,9,26-30H2,1-7H3,(H2,48,51)(H,49,58). The van der Waals surface area contributed by atoms with Crippen LogP contribution in [0.25, 0.3) is 33.5 Å². The van der Waals surface area contributed by atoms with Gasteiger partial charge < -0.3 is 34.6 Å². The minimum atomic E-state index is -4.93. The van der Waals surface area contributed by atoms with Crippen LogP contribution < -0.4 is 30.0 Å². The molecule has 0 bridgehead atoms. The molecule has 2 aromatic heterocycles. The fourth-order valence-corrected chi connectivity index (χ4v) is 10.8. The van der Waals surface area contributed by atoms with Crippen LogP contribution >= 0.6 is 0 Å². The van der Waals surface area contributed by atoms with Crippen molar-refractivity contribution in [1.29, 1.82) is 0 Å². The Hall–Kier alpha value is -7.07. The van der Waals surface area contributed by atoms with Gasteiger partial charge in [-0.3, -0.25) is 0 Å². The summed E-state index contributed by atoms with van der Waals surface area (Å²) in [7, 11) is -3.26. The van der Waals surface area contributed by atoms with Crippen LogP contribution in [0.15, 0.2) is 113 Å². The largest absolute Gasteiger partial charge is 0.497 e. The average Bonchev–Trinajstić information content (AvgIpc) is 3.90. The molecular weight excluding hydrogens is 913 g/mol. The molecule has 0 unspecified atom stereocenters. The van der Waals surface area contributed by atoms with Gasteiger partial charge in [0.25, 0.3) is 0 Å². The number of benzene rings is 5. The van der Waals surface area contributed by atoms with E-state index in [0.29, 0.717) is 45.0 Å². The topological polar surface area (TPSA) is 237 Å². The zero-order chi connectivity index (χ0) is 48.8. The Morgan fingerprint density at radius 1 is 0.750 bits per heavy atom. The summed E-state index contributed by atoms with van der Waals surface area (Å²) in [4.78, 5) is 17.1. The Kier molecular flexibility index (Phi) is 14.7. The van der Waals surface area contributed by atoms with Gasteiger partial charge in [-0.25, -0.2) is 31.3 Å². The number of imidazole rings is 1. The number of hydrogen-bond donors (Lipinski definition) is 3. The summed E-state index contributed by atoms with van der Waals surface area (Å²) >= 11 is 0. The number of amides is 1. The lowest BCUT2D eigenvalue weighted by molar-refractivity contribution is 0.0527. The molecule has 19 nitrogen and oxygen atoms in total. The second-order valence-electron chi connectivity index (χ2n) is 16.7. The maximum Gasteiger partial charge on any atom is 0.407 e. The second-order valence-corrected chi connectivity index (χ2v) is 20.3. The summed E-state index contributed by atoms with van der Waals surface area (Å²) < 4.78 is 88.6. The Morgan fingerprint density at radius 2 is 1.32 bits per heavy atom. The van der Waals surface area contributed by atoms with E-state index in [9.17, 15) is 13.2 Å². The summed E-state index contributed by atoms with van der Waals surface area (Å²) in [5, 5.41) is 16.1. The molecule has 5 aromatic carbocycles. The fraction of sp³-hybridized carbons (Fsp3) is 0.298. The van der Waals surface area contributed by atoms with Gasteiger partial charge in [0.1, 0.15) is 32.6 Å². The highest BCUT2D eigenvalue weighted by Gasteiger charge is 2.38. The number of ether oxygens (including phenoxy) is 4. The van der Waals surface area contributed by atoms with Crippen LogP contribution in [0.5, 0.6) is 17.2 Å². The van der Waals surface area contributed by atoms with E-state index >= 15 is 8.42 Å². The number of sulfonamides is 2. The number of aryl methyl sites for hydroxylation is 1. The second kappa shape index (κ2) is 20.4. The van der Waals surface area contributed by atoms with Crippen LogP contribution in [0.1, 0.15) is 43.9 Å². The molecule has 0 aliphatic carbocycles. The predicted molar refractivity (Wildman–Crippen MR) is 256 cm³/mol. The van der Waals surface area contributed by atoms with Crippen molar-refractivity contribution >= 4 is 43.1 Å². The number of anilines is 1. The SMILES string of the molecule is COc1ccc(CN(Cc2ccc(OC)cc2)S(=O)(=O)c2c(S(=O)(=O)NCCCNC(=O)OC(C)(C)C)ccc(-c3cccc4c3nc(N)n4C)c2-c2nnn(Cc3ccc(OC)cc3)n2)cc1. The number of alkyl carbamates (subject to hydrolysis) is 1. The molecule has 68 heavy (non-hydrogen) atoms. The first-order chi connectivity index (χ1) is 32.4. The van der Waals surface area contributed by atoms with Crippen molar-refractivity contribution in [2.45, 2.75) is 62.2 Å². The number of para-hydroxylation sites is 1. The van der Waals surface area contributed by atoms with E-state index < -0.39 is 41.5 Å². The number of rotatable bonds is 19. The normalized spacial score (nSPS) is 12.1. The van der Waals surface area contributed by atoms with Crippen LogP contribution in [-0.2, 0) is 51.5 Å². The molecule has 0 saturated carbocycles. The molecule has 21 heteroatoms. The van der Waals surface area contributed by atoms with Gasteiger partial charge in [-0.05, 0) is 103 Å². The highest BCUT2D eigenvalue weighted by molar-refractivity contribution is 7.92. The highest BCUT2D eigenvalue weighted by Crippen LogP contribution is 2.43. The first kappa shape index (κ1) is 48.9. The average molecular weight is 967 g/mol. The monoisotopic (exact) mass is 966 g/mol. The van der Waals surface area contributed by atoms with E-state index in [-0.39, 0.29) is 62.0 Å². The molecule has 0 atom stereocenters. The summed E-state index contributed by atoms with van der Waals surface area (Å²) in [5.41, 5.74) is 9.10. The van der Waals surface area contributed by atoms with Crippen molar-refractivity contribution in [2.24, 2.45) is 7.05 Å². The summed E-state index contributed by atoms with van der Waals surface area (Å²) in [6, 6.07) is 29.1. The zero-order valence-electron chi connectivity index (χ0n) is 38.8. The van der Waals surface area contributed by atoms with Crippen molar-refractivity contribution in [3.63, 3.8) is 0 Å². The number of carbonyl (C=O) groups excluding carboxylic acids is 1. The van der Waals surface area contributed by atoms with Gasteiger partial charge in [0.05, 0.1) is 44.5 Å². The molecule has 0 spiro atoms. The first-order valence-electron chi connectivity index (χ1n) is 21.4. The third kappa shape index (κ3) is 11.2. The third-order valence-corrected chi connectivity index (χ3v) is 14.3. The van der Waals surface area contributed by atoms with Crippen LogP contribution in [0.4, 0.5) is 10.7 Å². The molecule has 0 radical (unpaired) electrons. The van der Waals surface area contributed by atoms with E-state index in [0.717, 1.165) is 5.56 Å². The van der Waals surface area contributed by atoms with Crippen LogP contribution in [0, 0.1) is 0 Å². The number of nitrogens with one attached hydrogen (secondary N) is 2. The molecule has 0 aliphatic rings. The third-order valence-electron chi connectivity index (χ3n) is 10.8. The molecule has 0 saturated heterocycles. The smallest absolute Gasteiger partial charge is 0.407 e. The number of nitrogen functional groups attached to an aromatic ring is 1. The number of carbonyl (C=O) groups is 1. The Bertz CT molecular complexity index is 3070. The van der Waals surface area contributed by atoms with Gasteiger partial charge in [0.15, 0.2) is 0 Å². The lowest BCUT2D eigenvalue weighted by Gasteiger charge is -2.26. The van der Waals surface area contributed by atoms with Gasteiger partial charge in [-0.2, -0.15) is 9.10 Å². The van der Waals surface area contributed by atoms with Crippen molar-refractivity contribution in [1.82, 2.24) is 44.1 Å². The van der Waals surface area contributed by atoms with Gasteiger partial charge in [-0.1, -0.05) is 54.6 Å². The minimum Gasteiger partial charge on any atom is -0.497 e. The van der Waals surface area contributed by atoms with Gasteiger partial charge in [-0.15, -0.1) is 10.2 Å². The number of hydrogen-bond acceptors (Lipinski definition) is 14. The number of nitrogens with two attached hydrogens (primary N) is 1. The maximum atomic E-state index is 16.1. The zero-order valence-corrected chi connectivity index (χ0v) is 40.4. The van der Waals surface area contributed by atoms with Gasteiger partial charge in [0, 0.05) is 38.8 Å². The van der Waals surface area contributed by atoms with Crippen LogP contribution in [-0.4, -0.2) is 97.0 Å². The number of tetrazole rings is 1. The van der Waals surface area contributed by atoms with Crippen molar-refractivity contribution < 1.29 is 40.6 Å². The van der Waals surface area contributed by atoms with Gasteiger partial charge in [0.2, 0.25) is 31.8 Å². The Morgan fingerprint density at radius 3 is 1.88 bits per heavy atom. The summed E-state index contributed by atoms with van der Waals surface area (Å²) in [5.74, 6) is 1.77. The molecule has 358 valence electrons. The van der Waals surface area contributed by atoms with E-state index in [1.165, 1.54) is 35.5 Å². The van der Waals surface area contributed by atoms with Crippen LogP contribution in [0.2, 0.25) is 0 Å². The van der Waals surface area contributed by atoms with Crippen molar-refractivity contribution in [3.05, 3.63) is 120 Å². The fourth-order valence-electron chi connectivity index (χ4n) is 7.33. The lowest BCUT2D eigenvalue weighted by atomic mass is 9.98. The van der Waals surface area contributed by atoms with E-state index in [1.807, 2.05) is 18.2 Å². The predicted octanol–water partition coefficient (Wildman–Crippen LogP) is 6.13.